The summed E-state index contributed by atoms with van der Waals surface area (Å²) >= 11 is 6.31. The highest BCUT2D eigenvalue weighted by Gasteiger charge is 2.30. The summed E-state index contributed by atoms with van der Waals surface area (Å²) in [6.07, 6.45) is 5.96. The van der Waals surface area contributed by atoms with Crippen molar-refractivity contribution in [2.45, 2.75) is 19.8 Å². The van der Waals surface area contributed by atoms with E-state index >= 15 is 0 Å². The van der Waals surface area contributed by atoms with Crippen LogP contribution in [0.15, 0.2) is 67.0 Å². The number of halogens is 1. The molecule has 3 rings (SSSR count). The van der Waals surface area contributed by atoms with E-state index in [1.807, 2.05) is 30.3 Å². The van der Waals surface area contributed by atoms with Gasteiger partial charge in [0.25, 0.3) is 12.4 Å². The molecule has 0 saturated heterocycles. The van der Waals surface area contributed by atoms with Crippen LogP contribution in [0.3, 0.4) is 0 Å². The Morgan fingerprint density at radius 3 is 2.39 bits per heavy atom. The topological polar surface area (TPSA) is 146 Å². The van der Waals surface area contributed by atoms with Crippen molar-refractivity contribution in [3.63, 3.8) is 0 Å². The number of rotatable bonds is 14. The summed E-state index contributed by atoms with van der Waals surface area (Å²) in [5, 5.41) is 21.1. The van der Waals surface area contributed by atoms with Crippen molar-refractivity contribution >= 4 is 53.0 Å². The highest BCUT2D eigenvalue weighted by Crippen LogP contribution is 2.41. The maximum absolute atomic E-state index is 13.4. The monoisotopic (exact) mass is 587 g/mol. The second-order valence-electron chi connectivity index (χ2n) is 8.42. The van der Waals surface area contributed by atoms with Crippen molar-refractivity contribution < 1.29 is 38.9 Å². The first-order chi connectivity index (χ1) is 19.8. The van der Waals surface area contributed by atoms with E-state index in [1.165, 1.54) is 6.08 Å². The third kappa shape index (κ3) is 10.7. The second-order valence-corrected chi connectivity index (χ2v) is 8.86. The number of hydrogen-bond acceptors (Lipinski definition) is 9. The minimum absolute atomic E-state index is 0.0133. The fraction of sp³-hybridized carbons (Fsp3) is 0.310. The average Bonchev–Trinajstić information content (AvgIpc) is 3.04. The lowest BCUT2D eigenvalue weighted by atomic mass is 10.1. The van der Waals surface area contributed by atoms with Crippen molar-refractivity contribution in [1.82, 2.24) is 5.32 Å². The summed E-state index contributed by atoms with van der Waals surface area (Å²) in [6.45, 7) is 4.67. The summed E-state index contributed by atoms with van der Waals surface area (Å²) < 4.78 is 8.76. The number of ether oxygens (including phenoxy) is 2. The van der Waals surface area contributed by atoms with Gasteiger partial charge in [-0.1, -0.05) is 29.8 Å². The predicted octanol–water partition coefficient (Wildman–Crippen LogP) is 3.68. The number of amides is 1. The molecule has 1 aliphatic rings. The van der Waals surface area contributed by atoms with Gasteiger partial charge in [0.1, 0.15) is 6.26 Å². The molecule has 0 aromatic heterocycles. The third-order valence-electron chi connectivity index (χ3n) is 5.61. The molecular formula is C29H34ClN3O8. The molecule has 1 aliphatic heterocycles. The number of carbonyl (C=O) groups is 4. The molecule has 0 fully saturated rings. The molecule has 1 heterocycles. The summed E-state index contributed by atoms with van der Waals surface area (Å²) in [5.74, 6) is -1.59. The van der Waals surface area contributed by atoms with Gasteiger partial charge in [0.2, 0.25) is 0 Å². The molecule has 41 heavy (non-hydrogen) atoms. The van der Waals surface area contributed by atoms with Gasteiger partial charge in [-0.3, -0.25) is 9.59 Å². The van der Waals surface area contributed by atoms with Crippen LogP contribution in [0.2, 0.25) is 5.02 Å². The van der Waals surface area contributed by atoms with Crippen LogP contribution in [0, 0.1) is 0 Å². The van der Waals surface area contributed by atoms with Crippen molar-refractivity contribution in [1.29, 1.82) is 0 Å². The molecule has 0 bridgehead atoms. The molecule has 12 heteroatoms. The number of esters is 1. The lowest BCUT2D eigenvalue weighted by Crippen LogP contribution is -2.31. The molecule has 0 radical (unpaired) electrons. The van der Waals surface area contributed by atoms with E-state index in [1.54, 1.807) is 30.0 Å². The number of aliphatic carboxylic acids is 1. The molecule has 11 nitrogen and oxygen atoms in total. The molecule has 220 valence electrons. The molecule has 0 saturated carbocycles. The minimum atomic E-state index is -1.15. The number of aliphatic hydroxyl groups is 1. The highest BCUT2D eigenvalue weighted by molar-refractivity contribution is 6.31. The minimum Gasteiger partial charge on any atom is -0.478 e. The Labute approximate surface area is 243 Å². The predicted molar refractivity (Wildman–Crippen MR) is 155 cm³/mol. The van der Waals surface area contributed by atoms with Crippen LogP contribution in [-0.4, -0.2) is 73.9 Å². The SMILES string of the molecule is CCOC(=O)/C=C/CNCCCN1c2cc(Cl)ccc2C(=O)N(CCCO)c2ccccc21.O=CO/C=C\C(=O)O. The van der Waals surface area contributed by atoms with Gasteiger partial charge < -0.3 is 34.8 Å². The first-order valence-electron chi connectivity index (χ1n) is 12.9. The van der Waals surface area contributed by atoms with E-state index in [9.17, 15) is 24.3 Å². The van der Waals surface area contributed by atoms with Crippen molar-refractivity contribution in [3.05, 3.63) is 77.5 Å². The van der Waals surface area contributed by atoms with Crippen LogP contribution >= 0.6 is 11.6 Å². The largest absolute Gasteiger partial charge is 0.478 e. The molecule has 1 amide bonds. The lowest BCUT2D eigenvalue weighted by molar-refractivity contribution is -0.137. The normalized spacial score (nSPS) is 12.3. The van der Waals surface area contributed by atoms with Crippen molar-refractivity contribution in [3.8, 4) is 0 Å². The van der Waals surface area contributed by atoms with Crippen molar-refractivity contribution in [2.24, 2.45) is 0 Å². The van der Waals surface area contributed by atoms with E-state index in [0.29, 0.717) is 49.3 Å². The van der Waals surface area contributed by atoms with E-state index in [-0.39, 0.29) is 25.0 Å². The number of carboxylic acid groups (broad SMARTS) is 1. The fourth-order valence-electron chi connectivity index (χ4n) is 3.93. The number of hydrogen-bond donors (Lipinski definition) is 3. The van der Waals surface area contributed by atoms with Crippen LogP contribution in [0.4, 0.5) is 17.1 Å². The number of nitrogens with zero attached hydrogens (tertiary/aromatic N) is 2. The first-order valence-corrected chi connectivity index (χ1v) is 13.3. The third-order valence-corrected chi connectivity index (χ3v) is 5.85. The number of carboxylic acids is 1. The molecule has 0 aliphatic carbocycles. The van der Waals surface area contributed by atoms with Gasteiger partial charge in [0.15, 0.2) is 0 Å². The summed E-state index contributed by atoms with van der Waals surface area (Å²) in [4.78, 5) is 47.6. The summed E-state index contributed by atoms with van der Waals surface area (Å²) in [5.41, 5.74) is 3.09. The van der Waals surface area contributed by atoms with Crippen LogP contribution in [0.5, 0.6) is 0 Å². The van der Waals surface area contributed by atoms with Crippen LogP contribution in [0.1, 0.15) is 30.1 Å². The standard InChI is InChI=1S/C25H30ClN3O4.C4H4O4/c1-2-33-24(31)10-5-13-27-14-6-15-28-21-8-3-4-9-22(21)29(16-7-17-30)25(32)20-12-11-19(26)18-23(20)28;5-3-8-2-1-4(6)7/h3-5,8-12,18,27,30H,2,6-7,13-17H2,1H3;1-3H,(H,6,7)/b10-5+;2-1-. The fourth-order valence-corrected chi connectivity index (χ4v) is 4.09. The molecule has 2 aromatic carbocycles. The number of para-hydroxylation sites is 2. The summed E-state index contributed by atoms with van der Waals surface area (Å²) in [7, 11) is 0. The van der Waals surface area contributed by atoms with Gasteiger partial charge in [-0.2, -0.15) is 0 Å². The van der Waals surface area contributed by atoms with E-state index < -0.39 is 5.97 Å². The van der Waals surface area contributed by atoms with Gasteiger partial charge in [-0.15, -0.1) is 0 Å². The van der Waals surface area contributed by atoms with Gasteiger partial charge in [0.05, 0.1) is 35.3 Å². The Kier molecular flexibility index (Phi) is 14.7. The zero-order chi connectivity index (χ0) is 30.0. The number of nitrogens with one attached hydrogen (secondary N) is 1. The zero-order valence-corrected chi connectivity index (χ0v) is 23.5. The number of fused-ring (bicyclic) bond motifs is 2. The maximum atomic E-state index is 13.4. The molecule has 0 spiro atoms. The average molecular weight is 588 g/mol. The van der Waals surface area contributed by atoms with Gasteiger partial charge in [0, 0.05) is 37.3 Å². The Hall–Kier alpha value is -4.19. The molecule has 2 aromatic rings. The van der Waals surface area contributed by atoms with Gasteiger partial charge in [-0.25, -0.2) is 9.59 Å². The number of benzene rings is 2. The Balaban J connectivity index is 0.000000642. The van der Waals surface area contributed by atoms with Crippen LogP contribution in [-0.2, 0) is 23.9 Å². The number of anilines is 3. The Morgan fingerprint density at radius 1 is 1.02 bits per heavy atom. The van der Waals surface area contributed by atoms with Gasteiger partial charge in [-0.05, 0) is 56.6 Å². The van der Waals surface area contributed by atoms with E-state index in [2.05, 4.69) is 15.0 Å². The van der Waals surface area contributed by atoms with Gasteiger partial charge >= 0.3 is 11.9 Å². The van der Waals surface area contributed by atoms with Crippen LogP contribution in [0.25, 0.3) is 0 Å². The second kappa shape index (κ2) is 18.2. The Bertz CT molecular complexity index is 1230. The van der Waals surface area contributed by atoms with Crippen molar-refractivity contribution in [2.75, 3.05) is 49.2 Å². The zero-order valence-electron chi connectivity index (χ0n) is 22.7. The molecular weight excluding hydrogens is 554 g/mol. The highest BCUT2D eigenvalue weighted by atomic mass is 35.5. The Morgan fingerprint density at radius 2 is 1.73 bits per heavy atom. The van der Waals surface area contributed by atoms with E-state index in [0.717, 1.165) is 36.3 Å². The first kappa shape index (κ1) is 33.0. The molecule has 0 atom stereocenters. The quantitative estimate of drug-likeness (QED) is 0.0983. The smallest absolute Gasteiger partial charge is 0.331 e. The lowest BCUT2D eigenvalue weighted by Gasteiger charge is -2.27. The molecule has 0 unspecified atom stereocenters. The number of aliphatic hydroxyl groups excluding tert-OH is 1. The summed E-state index contributed by atoms with van der Waals surface area (Å²) in [6, 6.07) is 13.1. The number of carbonyl (C=O) groups excluding carboxylic acids is 3. The molecule has 3 N–H and O–H groups in total. The van der Waals surface area contributed by atoms with Crippen LogP contribution < -0.4 is 15.1 Å². The van der Waals surface area contributed by atoms with E-state index in [4.69, 9.17) is 21.4 Å². The maximum Gasteiger partial charge on any atom is 0.331 e.